The molecular weight excluding hydrogens is 360 g/mol. The highest BCUT2D eigenvalue weighted by atomic mass is 32.2. The summed E-state index contributed by atoms with van der Waals surface area (Å²) in [6.45, 7) is 3.95. The van der Waals surface area contributed by atoms with Gasteiger partial charge in [0.1, 0.15) is 5.25 Å². The average Bonchev–Trinajstić information content (AvgIpc) is 2.99. The molecule has 0 aliphatic carbocycles. The highest BCUT2D eigenvalue weighted by Gasteiger charge is 2.32. The second kappa shape index (κ2) is 8.64. The molecule has 27 heavy (non-hydrogen) atoms. The summed E-state index contributed by atoms with van der Waals surface area (Å²) in [4.78, 5) is 24.4. The van der Waals surface area contributed by atoms with Crippen LogP contribution in [0.5, 0.6) is 0 Å². The van der Waals surface area contributed by atoms with E-state index in [1.165, 1.54) is 11.8 Å². The van der Waals surface area contributed by atoms with Crippen molar-refractivity contribution >= 4 is 40.6 Å². The maximum Gasteiger partial charge on any atom is 0.240 e. The molecule has 3 rings (SSSR count). The monoisotopic (exact) mass is 380 g/mol. The number of amidine groups is 1. The third kappa shape index (κ3) is 5.04. The molecule has 138 valence electrons. The lowest BCUT2D eigenvalue weighted by molar-refractivity contribution is -0.122. The molecule has 1 fully saturated rings. The SMILES string of the molecule is Cc1cccc(NC(=O)C[C@@H]2S/C(=N/N=C\c3ccccc3)NC2=O)c1C. The van der Waals surface area contributed by atoms with Crippen LogP contribution >= 0.6 is 11.8 Å². The van der Waals surface area contributed by atoms with E-state index in [9.17, 15) is 9.59 Å². The Morgan fingerprint density at radius 3 is 2.74 bits per heavy atom. The van der Waals surface area contributed by atoms with Gasteiger partial charge in [-0.05, 0) is 36.6 Å². The molecule has 1 atom stereocenters. The number of hydrogen-bond donors (Lipinski definition) is 2. The Bertz CT molecular complexity index is 909. The van der Waals surface area contributed by atoms with Crippen molar-refractivity contribution in [1.82, 2.24) is 5.32 Å². The zero-order chi connectivity index (χ0) is 19.2. The topological polar surface area (TPSA) is 82.9 Å². The zero-order valence-corrected chi connectivity index (χ0v) is 15.9. The fraction of sp³-hybridized carbons (Fsp3) is 0.200. The quantitative estimate of drug-likeness (QED) is 0.617. The van der Waals surface area contributed by atoms with Gasteiger partial charge in [0.05, 0.1) is 6.21 Å². The van der Waals surface area contributed by atoms with Gasteiger partial charge in [-0.1, -0.05) is 54.2 Å². The molecule has 1 aliphatic heterocycles. The molecule has 7 heteroatoms. The summed E-state index contributed by atoms with van der Waals surface area (Å²) in [5, 5.41) is 13.4. The zero-order valence-electron chi connectivity index (χ0n) is 15.1. The van der Waals surface area contributed by atoms with Crippen molar-refractivity contribution in [3.8, 4) is 0 Å². The maximum absolute atomic E-state index is 12.3. The number of nitrogens with one attached hydrogen (secondary N) is 2. The van der Waals surface area contributed by atoms with Crippen molar-refractivity contribution in [2.75, 3.05) is 5.32 Å². The summed E-state index contributed by atoms with van der Waals surface area (Å²) in [5.74, 6) is -0.435. The Labute approximate surface area is 162 Å². The summed E-state index contributed by atoms with van der Waals surface area (Å²) < 4.78 is 0. The van der Waals surface area contributed by atoms with Gasteiger partial charge in [-0.25, -0.2) is 0 Å². The van der Waals surface area contributed by atoms with Crippen LogP contribution in [0.1, 0.15) is 23.1 Å². The van der Waals surface area contributed by atoms with Gasteiger partial charge in [-0.2, -0.15) is 5.10 Å². The Kier molecular flexibility index (Phi) is 6.03. The lowest BCUT2D eigenvalue weighted by Gasteiger charge is -2.11. The van der Waals surface area contributed by atoms with Gasteiger partial charge < -0.3 is 10.6 Å². The van der Waals surface area contributed by atoms with Crippen molar-refractivity contribution in [3.05, 3.63) is 65.2 Å². The molecule has 1 heterocycles. The van der Waals surface area contributed by atoms with Gasteiger partial charge >= 0.3 is 0 Å². The molecule has 0 aromatic heterocycles. The minimum absolute atomic E-state index is 0.0747. The second-order valence-electron chi connectivity index (χ2n) is 6.16. The molecule has 0 bridgehead atoms. The first kappa shape index (κ1) is 18.8. The molecule has 1 aliphatic rings. The van der Waals surface area contributed by atoms with E-state index in [4.69, 9.17) is 0 Å². The molecule has 2 aromatic carbocycles. The van der Waals surface area contributed by atoms with Gasteiger partial charge in [0.2, 0.25) is 11.8 Å². The number of nitrogens with zero attached hydrogens (tertiary/aromatic N) is 2. The summed E-state index contributed by atoms with van der Waals surface area (Å²) in [6.07, 6.45) is 1.69. The van der Waals surface area contributed by atoms with Gasteiger partial charge in [0.25, 0.3) is 0 Å². The van der Waals surface area contributed by atoms with E-state index in [-0.39, 0.29) is 18.2 Å². The lowest BCUT2D eigenvalue weighted by atomic mass is 10.1. The number of carbonyl (C=O) groups is 2. The number of amides is 2. The van der Waals surface area contributed by atoms with Crippen LogP contribution in [0.25, 0.3) is 0 Å². The van der Waals surface area contributed by atoms with Crippen molar-refractivity contribution in [2.45, 2.75) is 25.5 Å². The minimum atomic E-state index is -0.513. The largest absolute Gasteiger partial charge is 0.326 e. The van der Waals surface area contributed by atoms with Crippen LogP contribution in [0.3, 0.4) is 0 Å². The number of hydrogen-bond acceptors (Lipinski definition) is 5. The highest BCUT2D eigenvalue weighted by molar-refractivity contribution is 8.15. The third-order valence-electron chi connectivity index (χ3n) is 4.18. The molecule has 0 spiro atoms. The minimum Gasteiger partial charge on any atom is -0.326 e. The standard InChI is InChI=1S/C20H20N4O2S/c1-13-7-6-10-16(14(13)2)22-18(25)11-17-19(26)23-20(27-17)24-21-12-15-8-4-3-5-9-15/h3-10,12,17H,11H2,1-2H3,(H,22,25)(H,23,24,26)/b21-12-/t17-/m0/s1. The van der Waals surface area contributed by atoms with Crippen molar-refractivity contribution in [2.24, 2.45) is 10.2 Å². The fourth-order valence-corrected chi connectivity index (χ4v) is 3.45. The van der Waals surface area contributed by atoms with Gasteiger partial charge in [-0.3, -0.25) is 9.59 Å². The van der Waals surface area contributed by atoms with Crippen LogP contribution in [0.15, 0.2) is 58.7 Å². The molecular formula is C20H20N4O2S. The number of rotatable bonds is 5. The maximum atomic E-state index is 12.3. The number of aryl methyl sites for hydroxylation is 1. The predicted octanol–water partition coefficient (Wildman–Crippen LogP) is 3.25. The van der Waals surface area contributed by atoms with Crippen LogP contribution in [-0.2, 0) is 9.59 Å². The molecule has 2 N–H and O–H groups in total. The molecule has 0 radical (unpaired) electrons. The van der Waals surface area contributed by atoms with Crippen LogP contribution in [0.2, 0.25) is 0 Å². The Balaban J connectivity index is 1.57. The third-order valence-corrected chi connectivity index (χ3v) is 5.25. The molecule has 2 amide bonds. The summed E-state index contributed by atoms with van der Waals surface area (Å²) in [7, 11) is 0. The Hall–Kier alpha value is -2.93. The van der Waals surface area contributed by atoms with Gasteiger partial charge in [0.15, 0.2) is 5.17 Å². The summed E-state index contributed by atoms with van der Waals surface area (Å²) in [5.41, 5.74) is 3.81. The van der Waals surface area contributed by atoms with Gasteiger partial charge in [-0.15, -0.1) is 5.10 Å². The van der Waals surface area contributed by atoms with Crippen LogP contribution in [0.4, 0.5) is 5.69 Å². The van der Waals surface area contributed by atoms with Gasteiger partial charge in [0, 0.05) is 12.1 Å². The smallest absolute Gasteiger partial charge is 0.240 e. The number of thioether (sulfide) groups is 1. The number of anilines is 1. The molecule has 6 nitrogen and oxygen atoms in total. The summed E-state index contributed by atoms with van der Waals surface area (Å²) >= 11 is 1.21. The van der Waals surface area contributed by atoms with E-state index in [1.807, 2.05) is 62.4 Å². The van der Waals surface area contributed by atoms with Crippen molar-refractivity contribution in [1.29, 1.82) is 0 Å². The number of benzene rings is 2. The second-order valence-corrected chi connectivity index (χ2v) is 7.35. The molecule has 0 unspecified atom stereocenters. The average molecular weight is 380 g/mol. The van der Waals surface area contributed by atoms with E-state index in [0.29, 0.717) is 5.17 Å². The van der Waals surface area contributed by atoms with Crippen LogP contribution in [0, 0.1) is 13.8 Å². The normalized spacial score (nSPS) is 18.1. The van der Waals surface area contributed by atoms with Crippen LogP contribution in [-0.4, -0.2) is 28.4 Å². The Morgan fingerprint density at radius 1 is 1.19 bits per heavy atom. The van der Waals surface area contributed by atoms with Crippen molar-refractivity contribution < 1.29 is 9.59 Å². The van der Waals surface area contributed by atoms with E-state index < -0.39 is 5.25 Å². The number of carbonyl (C=O) groups excluding carboxylic acids is 2. The van der Waals surface area contributed by atoms with Crippen molar-refractivity contribution in [3.63, 3.8) is 0 Å². The predicted molar refractivity (Wildman–Crippen MR) is 110 cm³/mol. The molecule has 2 aromatic rings. The molecule has 1 saturated heterocycles. The first-order valence-corrected chi connectivity index (χ1v) is 9.40. The lowest BCUT2D eigenvalue weighted by Crippen LogP contribution is -2.28. The highest BCUT2D eigenvalue weighted by Crippen LogP contribution is 2.24. The van der Waals surface area contributed by atoms with E-state index in [0.717, 1.165) is 22.4 Å². The van der Waals surface area contributed by atoms with Crippen LogP contribution < -0.4 is 10.6 Å². The summed E-state index contributed by atoms with van der Waals surface area (Å²) in [6, 6.07) is 15.3. The fourth-order valence-electron chi connectivity index (χ4n) is 2.53. The van der Waals surface area contributed by atoms with E-state index in [1.54, 1.807) is 6.21 Å². The first-order valence-electron chi connectivity index (χ1n) is 8.52. The Morgan fingerprint density at radius 2 is 1.96 bits per heavy atom. The van der Waals surface area contributed by atoms with E-state index >= 15 is 0 Å². The van der Waals surface area contributed by atoms with E-state index in [2.05, 4.69) is 20.8 Å². The first-order chi connectivity index (χ1) is 13.0. The molecule has 0 saturated carbocycles.